The number of benzene rings is 2. The highest BCUT2D eigenvalue weighted by Gasteiger charge is 2.03. The Kier molecular flexibility index (Phi) is 5.66. The van der Waals surface area contributed by atoms with Crippen molar-refractivity contribution in [2.24, 2.45) is 5.10 Å². The predicted molar refractivity (Wildman–Crippen MR) is 86.5 cm³/mol. The topological polar surface area (TPSA) is 50.7 Å². The van der Waals surface area contributed by atoms with Crippen LogP contribution in [0.2, 0.25) is 0 Å². The molecule has 1 N–H and O–H groups in total. The van der Waals surface area contributed by atoms with Crippen LogP contribution >= 0.6 is 15.9 Å². The van der Waals surface area contributed by atoms with Gasteiger partial charge in [-0.1, -0.05) is 28.1 Å². The minimum Gasteiger partial charge on any atom is -0.484 e. The van der Waals surface area contributed by atoms with Crippen LogP contribution in [-0.4, -0.2) is 18.7 Å². The summed E-state index contributed by atoms with van der Waals surface area (Å²) in [6.07, 6.45) is 1.37. The second-order valence-corrected chi connectivity index (χ2v) is 5.40. The van der Waals surface area contributed by atoms with Crippen molar-refractivity contribution in [1.82, 2.24) is 5.43 Å². The van der Waals surface area contributed by atoms with E-state index in [1.54, 1.807) is 18.2 Å². The van der Waals surface area contributed by atoms with Gasteiger partial charge in [-0.3, -0.25) is 4.79 Å². The van der Waals surface area contributed by atoms with Crippen molar-refractivity contribution in [2.45, 2.75) is 6.92 Å². The number of hydrogen-bond donors (Lipinski definition) is 1. The molecule has 114 valence electrons. The van der Waals surface area contributed by atoms with Gasteiger partial charge in [-0.15, -0.1) is 0 Å². The van der Waals surface area contributed by atoms with E-state index >= 15 is 0 Å². The number of aryl methyl sites for hydroxylation is 1. The zero-order valence-electron chi connectivity index (χ0n) is 11.8. The Bertz CT molecular complexity index is 704. The average Bonchev–Trinajstić information content (AvgIpc) is 2.48. The number of rotatable bonds is 5. The number of nitrogens with one attached hydrogen (secondary N) is 1. The molecule has 22 heavy (non-hydrogen) atoms. The number of carbonyl (C=O) groups excluding carboxylic acids is 1. The van der Waals surface area contributed by atoms with Crippen LogP contribution in [-0.2, 0) is 4.79 Å². The lowest BCUT2D eigenvalue weighted by Gasteiger charge is -2.06. The minimum absolute atomic E-state index is 0.151. The van der Waals surface area contributed by atoms with E-state index in [1.807, 2.05) is 19.1 Å². The third-order valence-corrected chi connectivity index (χ3v) is 3.64. The van der Waals surface area contributed by atoms with Gasteiger partial charge in [-0.25, -0.2) is 9.82 Å². The standard InChI is InChI=1S/C16H14BrFN2O2/c1-11-7-14(5-6-15(11)17)22-10-16(21)20-19-9-12-3-2-4-13(18)8-12/h2-9H,10H2,1H3,(H,20,21)/b19-9+. The van der Waals surface area contributed by atoms with E-state index in [2.05, 4.69) is 26.5 Å². The van der Waals surface area contributed by atoms with E-state index < -0.39 is 5.91 Å². The first kappa shape index (κ1) is 16.2. The fraction of sp³-hybridized carbons (Fsp3) is 0.125. The van der Waals surface area contributed by atoms with Crippen molar-refractivity contribution >= 4 is 28.1 Å². The van der Waals surface area contributed by atoms with E-state index in [9.17, 15) is 9.18 Å². The quantitative estimate of drug-likeness (QED) is 0.652. The van der Waals surface area contributed by atoms with Crippen LogP contribution in [0.5, 0.6) is 5.75 Å². The molecule has 1 amide bonds. The van der Waals surface area contributed by atoms with Gasteiger partial charge in [-0.05, 0) is 48.4 Å². The van der Waals surface area contributed by atoms with E-state index in [0.717, 1.165) is 10.0 Å². The molecule has 4 nitrogen and oxygen atoms in total. The number of hydrogen-bond acceptors (Lipinski definition) is 3. The van der Waals surface area contributed by atoms with E-state index in [1.165, 1.54) is 18.3 Å². The third-order valence-electron chi connectivity index (χ3n) is 2.75. The van der Waals surface area contributed by atoms with Gasteiger partial charge in [0.15, 0.2) is 6.61 Å². The van der Waals surface area contributed by atoms with Crippen molar-refractivity contribution in [2.75, 3.05) is 6.61 Å². The maximum Gasteiger partial charge on any atom is 0.277 e. The van der Waals surface area contributed by atoms with Crippen LogP contribution in [0, 0.1) is 12.7 Å². The summed E-state index contributed by atoms with van der Waals surface area (Å²) in [5.74, 6) is -0.151. The maximum absolute atomic E-state index is 13.0. The number of ether oxygens (including phenoxy) is 1. The van der Waals surface area contributed by atoms with Crippen molar-refractivity contribution in [3.05, 3.63) is 63.9 Å². The maximum atomic E-state index is 13.0. The van der Waals surface area contributed by atoms with Gasteiger partial charge in [0.05, 0.1) is 6.21 Å². The summed E-state index contributed by atoms with van der Waals surface area (Å²) in [5, 5.41) is 3.75. The molecule has 2 aromatic rings. The number of halogens is 2. The SMILES string of the molecule is Cc1cc(OCC(=O)N/N=C/c2cccc(F)c2)ccc1Br. The van der Waals surface area contributed by atoms with Crippen molar-refractivity contribution in [3.63, 3.8) is 0 Å². The van der Waals surface area contributed by atoms with Crippen LogP contribution in [0.15, 0.2) is 52.0 Å². The Morgan fingerprint density at radius 3 is 2.91 bits per heavy atom. The Morgan fingerprint density at radius 2 is 2.18 bits per heavy atom. The molecule has 0 aliphatic rings. The predicted octanol–water partition coefficient (Wildman–Crippen LogP) is 3.43. The molecule has 0 bridgehead atoms. The lowest BCUT2D eigenvalue weighted by Crippen LogP contribution is -2.24. The van der Waals surface area contributed by atoms with Crippen molar-refractivity contribution in [1.29, 1.82) is 0 Å². The molecule has 0 aliphatic carbocycles. The van der Waals surface area contributed by atoms with E-state index in [0.29, 0.717) is 11.3 Å². The molecule has 0 aliphatic heterocycles. The smallest absolute Gasteiger partial charge is 0.277 e. The van der Waals surface area contributed by atoms with Crippen molar-refractivity contribution < 1.29 is 13.9 Å². The number of carbonyl (C=O) groups is 1. The first-order valence-electron chi connectivity index (χ1n) is 6.51. The second kappa shape index (κ2) is 7.70. The van der Waals surface area contributed by atoms with Crippen LogP contribution in [0.1, 0.15) is 11.1 Å². The summed E-state index contributed by atoms with van der Waals surface area (Å²) >= 11 is 3.39. The second-order valence-electron chi connectivity index (χ2n) is 4.55. The Balaban J connectivity index is 1.81. The van der Waals surface area contributed by atoms with Gasteiger partial charge < -0.3 is 4.74 Å². The van der Waals surface area contributed by atoms with E-state index in [4.69, 9.17) is 4.74 Å². The van der Waals surface area contributed by atoms with E-state index in [-0.39, 0.29) is 12.4 Å². The highest BCUT2D eigenvalue weighted by atomic mass is 79.9. The molecular formula is C16H14BrFN2O2. The molecule has 0 fully saturated rings. The zero-order chi connectivity index (χ0) is 15.9. The summed E-state index contributed by atoms with van der Waals surface area (Å²) in [6, 6.07) is 11.3. The normalized spacial score (nSPS) is 10.7. The molecule has 0 atom stereocenters. The third kappa shape index (κ3) is 4.96. The molecule has 6 heteroatoms. The van der Waals surface area contributed by atoms with Crippen LogP contribution in [0.4, 0.5) is 4.39 Å². The molecule has 0 saturated heterocycles. The Hall–Kier alpha value is -2.21. The average molecular weight is 365 g/mol. The van der Waals surface area contributed by atoms with Crippen LogP contribution in [0.25, 0.3) is 0 Å². The summed E-state index contributed by atoms with van der Waals surface area (Å²) < 4.78 is 19.3. The largest absolute Gasteiger partial charge is 0.484 e. The van der Waals surface area contributed by atoms with Gasteiger partial charge >= 0.3 is 0 Å². The highest BCUT2D eigenvalue weighted by Crippen LogP contribution is 2.21. The summed E-state index contributed by atoms with van der Waals surface area (Å²) in [6.45, 7) is 1.78. The van der Waals surface area contributed by atoms with Gasteiger partial charge in [0.25, 0.3) is 5.91 Å². The fourth-order valence-electron chi connectivity index (χ4n) is 1.65. The summed E-state index contributed by atoms with van der Waals surface area (Å²) in [4.78, 5) is 11.6. The Morgan fingerprint density at radius 1 is 1.36 bits per heavy atom. The van der Waals surface area contributed by atoms with Crippen LogP contribution < -0.4 is 10.2 Å². The molecular weight excluding hydrogens is 351 g/mol. The molecule has 0 aromatic heterocycles. The lowest BCUT2D eigenvalue weighted by atomic mass is 10.2. The molecule has 0 spiro atoms. The molecule has 2 aromatic carbocycles. The highest BCUT2D eigenvalue weighted by molar-refractivity contribution is 9.10. The van der Waals surface area contributed by atoms with Gasteiger partial charge in [0.2, 0.25) is 0 Å². The number of nitrogens with zero attached hydrogens (tertiary/aromatic N) is 1. The molecule has 0 radical (unpaired) electrons. The van der Waals surface area contributed by atoms with Gasteiger partial charge in [-0.2, -0.15) is 5.10 Å². The fourth-order valence-corrected chi connectivity index (χ4v) is 1.90. The molecule has 0 saturated carbocycles. The molecule has 0 unspecified atom stereocenters. The zero-order valence-corrected chi connectivity index (χ0v) is 13.4. The lowest BCUT2D eigenvalue weighted by molar-refractivity contribution is -0.123. The van der Waals surface area contributed by atoms with Gasteiger partial charge in [0.1, 0.15) is 11.6 Å². The Labute approximate surface area is 136 Å². The monoisotopic (exact) mass is 364 g/mol. The summed E-state index contributed by atoms with van der Waals surface area (Å²) in [5.41, 5.74) is 3.90. The number of amides is 1. The van der Waals surface area contributed by atoms with Gasteiger partial charge in [0, 0.05) is 4.47 Å². The summed E-state index contributed by atoms with van der Waals surface area (Å²) in [7, 11) is 0. The van der Waals surface area contributed by atoms with Crippen LogP contribution in [0.3, 0.4) is 0 Å². The number of hydrazone groups is 1. The minimum atomic E-state index is -0.395. The first-order valence-corrected chi connectivity index (χ1v) is 7.30. The molecule has 0 heterocycles. The first-order chi connectivity index (χ1) is 10.5. The molecule has 2 rings (SSSR count). The van der Waals surface area contributed by atoms with Crippen molar-refractivity contribution in [3.8, 4) is 5.75 Å².